The van der Waals surface area contributed by atoms with E-state index in [1.165, 1.54) is 17.5 Å². The number of ether oxygens (including phenoxy) is 1. The smallest absolute Gasteiger partial charge is 0.258 e. The number of hydrogen-bond donors (Lipinski definition) is 2. The summed E-state index contributed by atoms with van der Waals surface area (Å²) >= 11 is 0. The summed E-state index contributed by atoms with van der Waals surface area (Å²) in [5, 5.41) is 12.6. The Kier molecular flexibility index (Phi) is 3.66. The molecule has 0 aliphatic heterocycles. The summed E-state index contributed by atoms with van der Waals surface area (Å²) in [7, 11) is 0. The Balaban J connectivity index is 1.50. The first-order chi connectivity index (χ1) is 9.96. The van der Waals surface area contributed by atoms with Gasteiger partial charge in [0.05, 0.1) is 6.10 Å². The summed E-state index contributed by atoms with van der Waals surface area (Å²) in [6, 6.07) is 6.12. The van der Waals surface area contributed by atoms with Gasteiger partial charge in [0.2, 0.25) is 0 Å². The predicted octanol–water partition coefficient (Wildman–Crippen LogP) is 1.83. The molecule has 0 heterocycles. The van der Waals surface area contributed by atoms with Gasteiger partial charge in [-0.25, -0.2) is 0 Å². The van der Waals surface area contributed by atoms with E-state index in [9.17, 15) is 9.90 Å². The molecule has 4 heteroatoms. The number of aliphatic hydroxyl groups excluding tert-OH is 1. The van der Waals surface area contributed by atoms with Crippen LogP contribution in [0.4, 0.5) is 0 Å². The van der Waals surface area contributed by atoms with Crippen molar-refractivity contribution in [2.75, 3.05) is 6.61 Å². The Labute approximate surface area is 125 Å². The molecule has 4 nitrogen and oxygen atoms in total. The third kappa shape index (κ3) is 2.77. The number of carbonyl (C=O) groups is 1. The first kappa shape index (κ1) is 14.4. The van der Waals surface area contributed by atoms with Crippen molar-refractivity contribution in [2.45, 2.75) is 51.7 Å². The normalized spacial score (nSPS) is 25.9. The van der Waals surface area contributed by atoms with Crippen molar-refractivity contribution in [3.8, 4) is 5.75 Å². The SMILES string of the molecule is CC1(C)C(O)CC1NC(=O)COc1ccc2c(c1)CCC2. The zero-order valence-electron chi connectivity index (χ0n) is 12.7. The Morgan fingerprint density at radius 1 is 1.38 bits per heavy atom. The van der Waals surface area contributed by atoms with Crippen LogP contribution in [-0.2, 0) is 17.6 Å². The topological polar surface area (TPSA) is 58.6 Å². The van der Waals surface area contributed by atoms with E-state index in [0.717, 1.165) is 18.6 Å². The molecule has 1 aromatic rings. The number of carbonyl (C=O) groups excluding carboxylic acids is 1. The van der Waals surface area contributed by atoms with Crippen molar-refractivity contribution in [1.82, 2.24) is 5.32 Å². The fraction of sp³-hybridized carbons (Fsp3) is 0.588. The fourth-order valence-electron chi connectivity index (χ4n) is 3.17. The highest BCUT2D eigenvalue weighted by Gasteiger charge is 2.47. The number of nitrogens with one attached hydrogen (secondary N) is 1. The van der Waals surface area contributed by atoms with Crippen molar-refractivity contribution >= 4 is 5.91 Å². The highest BCUT2D eigenvalue weighted by atomic mass is 16.5. The molecule has 0 bridgehead atoms. The molecule has 1 fully saturated rings. The van der Waals surface area contributed by atoms with E-state index >= 15 is 0 Å². The van der Waals surface area contributed by atoms with Gasteiger partial charge in [0.15, 0.2) is 6.61 Å². The number of aliphatic hydroxyl groups is 1. The molecule has 3 rings (SSSR count). The van der Waals surface area contributed by atoms with Gasteiger partial charge in [0, 0.05) is 11.5 Å². The largest absolute Gasteiger partial charge is 0.484 e. The van der Waals surface area contributed by atoms with Gasteiger partial charge < -0.3 is 15.2 Å². The molecule has 2 N–H and O–H groups in total. The number of benzene rings is 1. The lowest BCUT2D eigenvalue weighted by Crippen LogP contribution is -2.61. The van der Waals surface area contributed by atoms with Crippen LogP contribution in [0.25, 0.3) is 0 Å². The van der Waals surface area contributed by atoms with E-state index < -0.39 is 0 Å². The summed E-state index contributed by atoms with van der Waals surface area (Å²) in [6.45, 7) is 3.96. The number of aryl methyl sites for hydroxylation is 2. The first-order valence-electron chi connectivity index (χ1n) is 7.69. The van der Waals surface area contributed by atoms with Gasteiger partial charge in [-0.15, -0.1) is 0 Å². The number of hydrogen-bond acceptors (Lipinski definition) is 3. The first-order valence-corrected chi connectivity index (χ1v) is 7.69. The standard InChI is InChI=1S/C17H23NO3/c1-17(2)14(9-15(17)19)18-16(20)10-21-13-7-6-11-4-3-5-12(11)8-13/h6-8,14-15,19H,3-5,9-10H2,1-2H3,(H,18,20). The molecule has 2 aliphatic rings. The highest BCUT2D eigenvalue weighted by Crippen LogP contribution is 2.40. The van der Waals surface area contributed by atoms with Gasteiger partial charge >= 0.3 is 0 Å². The van der Waals surface area contributed by atoms with Crippen molar-refractivity contribution in [1.29, 1.82) is 0 Å². The zero-order valence-corrected chi connectivity index (χ0v) is 12.7. The Morgan fingerprint density at radius 2 is 2.14 bits per heavy atom. The number of rotatable bonds is 4. The number of fused-ring (bicyclic) bond motifs is 1. The third-order valence-corrected chi connectivity index (χ3v) is 4.99. The van der Waals surface area contributed by atoms with Crippen molar-refractivity contribution in [3.63, 3.8) is 0 Å². The molecule has 0 spiro atoms. The van der Waals surface area contributed by atoms with E-state index in [1.807, 2.05) is 26.0 Å². The van der Waals surface area contributed by atoms with Crippen molar-refractivity contribution in [3.05, 3.63) is 29.3 Å². The summed E-state index contributed by atoms with van der Waals surface area (Å²) in [5.41, 5.74) is 2.50. The number of amides is 1. The van der Waals surface area contributed by atoms with Crippen LogP contribution in [0.1, 0.15) is 37.8 Å². The van der Waals surface area contributed by atoms with Crippen LogP contribution >= 0.6 is 0 Å². The van der Waals surface area contributed by atoms with Crippen LogP contribution in [-0.4, -0.2) is 29.8 Å². The van der Waals surface area contributed by atoms with E-state index in [0.29, 0.717) is 6.42 Å². The quantitative estimate of drug-likeness (QED) is 0.889. The molecule has 1 amide bonds. The van der Waals surface area contributed by atoms with Gasteiger partial charge in [-0.2, -0.15) is 0 Å². The van der Waals surface area contributed by atoms with Crippen LogP contribution in [0.3, 0.4) is 0 Å². The van der Waals surface area contributed by atoms with Crippen LogP contribution in [0.5, 0.6) is 5.75 Å². The Morgan fingerprint density at radius 3 is 2.86 bits per heavy atom. The molecule has 0 saturated heterocycles. The van der Waals surface area contributed by atoms with Gasteiger partial charge in [0.1, 0.15) is 5.75 Å². The second kappa shape index (κ2) is 5.34. The Bertz CT molecular complexity index is 553. The average Bonchev–Trinajstić information content (AvgIpc) is 2.92. The maximum absolute atomic E-state index is 11.9. The highest BCUT2D eigenvalue weighted by molar-refractivity contribution is 5.78. The lowest BCUT2D eigenvalue weighted by Gasteiger charge is -2.49. The van der Waals surface area contributed by atoms with Gasteiger partial charge in [-0.05, 0) is 48.9 Å². The van der Waals surface area contributed by atoms with Crippen LogP contribution in [0, 0.1) is 5.41 Å². The summed E-state index contributed by atoms with van der Waals surface area (Å²) < 4.78 is 5.58. The molecular formula is C17H23NO3. The predicted molar refractivity (Wildman–Crippen MR) is 80.3 cm³/mol. The molecule has 1 saturated carbocycles. The minimum absolute atomic E-state index is 0.0292. The molecule has 21 heavy (non-hydrogen) atoms. The third-order valence-electron chi connectivity index (χ3n) is 4.99. The minimum Gasteiger partial charge on any atom is -0.484 e. The fourth-order valence-corrected chi connectivity index (χ4v) is 3.17. The van der Waals surface area contributed by atoms with Crippen LogP contribution < -0.4 is 10.1 Å². The Hall–Kier alpha value is -1.55. The van der Waals surface area contributed by atoms with Crippen LogP contribution in [0.15, 0.2) is 18.2 Å². The maximum atomic E-state index is 11.9. The second-order valence-corrected chi connectivity index (χ2v) is 6.77. The van der Waals surface area contributed by atoms with Crippen molar-refractivity contribution < 1.29 is 14.6 Å². The van der Waals surface area contributed by atoms with E-state index in [-0.39, 0.29) is 30.1 Å². The molecule has 0 radical (unpaired) electrons. The lowest BCUT2D eigenvalue weighted by molar-refractivity contribution is -0.131. The van der Waals surface area contributed by atoms with Gasteiger partial charge in [-0.1, -0.05) is 19.9 Å². The van der Waals surface area contributed by atoms with E-state index in [2.05, 4.69) is 11.4 Å². The van der Waals surface area contributed by atoms with E-state index in [4.69, 9.17) is 4.74 Å². The molecule has 1 aromatic carbocycles. The summed E-state index contributed by atoms with van der Waals surface area (Å²) in [6.07, 6.45) is 3.75. The maximum Gasteiger partial charge on any atom is 0.258 e. The lowest BCUT2D eigenvalue weighted by atomic mass is 9.64. The van der Waals surface area contributed by atoms with Gasteiger partial charge in [0.25, 0.3) is 5.91 Å². The van der Waals surface area contributed by atoms with Crippen molar-refractivity contribution in [2.24, 2.45) is 5.41 Å². The zero-order chi connectivity index (χ0) is 15.0. The van der Waals surface area contributed by atoms with E-state index in [1.54, 1.807) is 0 Å². The van der Waals surface area contributed by atoms with Crippen LogP contribution in [0.2, 0.25) is 0 Å². The monoisotopic (exact) mass is 289 g/mol. The molecule has 2 atom stereocenters. The second-order valence-electron chi connectivity index (χ2n) is 6.77. The molecular weight excluding hydrogens is 266 g/mol. The minimum atomic E-state index is -0.333. The molecule has 0 aromatic heterocycles. The van der Waals surface area contributed by atoms with Gasteiger partial charge in [-0.3, -0.25) is 4.79 Å². The molecule has 2 aliphatic carbocycles. The summed E-state index contributed by atoms with van der Waals surface area (Å²) in [5.74, 6) is 0.638. The molecule has 2 unspecified atom stereocenters. The average molecular weight is 289 g/mol. The molecule has 114 valence electrons. The summed E-state index contributed by atoms with van der Waals surface area (Å²) in [4.78, 5) is 11.9.